The maximum absolute atomic E-state index is 10.8. The van der Waals surface area contributed by atoms with Gasteiger partial charge in [0.15, 0.2) is 0 Å². The summed E-state index contributed by atoms with van der Waals surface area (Å²) < 4.78 is 10.1. The van der Waals surface area contributed by atoms with Crippen molar-refractivity contribution in [1.82, 2.24) is 10.6 Å². The first-order chi connectivity index (χ1) is 7.31. The fourth-order valence-corrected chi connectivity index (χ4v) is 0.995. The summed E-state index contributed by atoms with van der Waals surface area (Å²) in [5, 5.41) is 5.74. The number of hydrogen-bond acceptors (Lipinski definition) is 4. The van der Waals surface area contributed by atoms with E-state index in [0.29, 0.717) is 19.6 Å². The summed E-state index contributed by atoms with van der Waals surface area (Å²) in [7, 11) is 3.30. The zero-order valence-corrected chi connectivity index (χ0v) is 9.67. The Morgan fingerprint density at radius 1 is 1.20 bits per heavy atom. The lowest BCUT2D eigenvalue weighted by molar-refractivity contribution is -0.120. The summed E-state index contributed by atoms with van der Waals surface area (Å²) in [5.41, 5.74) is 0. The molecule has 0 heterocycles. The molecule has 0 fully saturated rings. The van der Waals surface area contributed by atoms with Crippen LogP contribution in [-0.2, 0) is 14.3 Å². The van der Waals surface area contributed by atoms with Crippen LogP contribution in [0.5, 0.6) is 0 Å². The van der Waals surface area contributed by atoms with Gasteiger partial charge in [0.05, 0.1) is 13.2 Å². The van der Waals surface area contributed by atoms with Crippen LogP contribution in [0.15, 0.2) is 0 Å². The van der Waals surface area contributed by atoms with Crippen LogP contribution in [0.4, 0.5) is 0 Å². The number of carbonyl (C=O) groups excluding carboxylic acids is 1. The van der Waals surface area contributed by atoms with Gasteiger partial charge in [-0.1, -0.05) is 0 Å². The van der Waals surface area contributed by atoms with E-state index in [-0.39, 0.29) is 5.91 Å². The standard InChI is InChI=1S/C10H22N2O3/c1-11-10(13)4-6-12-5-3-7-15-9-8-14-2/h12H,3-9H2,1-2H3,(H,11,13). The summed E-state index contributed by atoms with van der Waals surface area (Å²) >= 11 is 0. The number of methoxy groups -OCH3 is 1. The molecule has 0 saturated heterocycles. The number of nitrogens with one attached hydrogen (secondary N) is 2. The second kappa shape index (κ2) is 11.4. The number of hydrogen-bond donors (Lipinski definition) is 2. The molecule has 0 atom stereocenters. The number of rotatable bonds is 10. The maximum atomic E-state index is 10.8. The van der Waals surface area contributed by atoms with Crippen molar-refractivity contribution in [1.29, 1.82) is 0 Å². The van der Waals surface area contributed by atoms with Gasteiger partial charge in [0, 0.05) is 33.7 Å². The monoisotopic (exact) mass is 218 g/mol. The Balaban J connectivity index is 2.95. The molecule has 0 unspecified atom stereocenters. The van der Waals surface area contributed by atoms with E-state index >= 15 is 0 Å². The molecule has 15 heavy (non-hydrogen) atoms. The van der Waals surface area contributed by atoms with Gasteiger partial charge in [-0.3, -0.25) is 4.79 Å². The van der Waals surface area contributed by atoms with Crippen molar-refractivity contribution >= 4 is 5.91 Å². The molecule has 0 spiro atoms. The highest BCUT2D eigenvalue weighted by molar-refractivity contribution is 5.75. The predicted molar refractivity (Wildman–Crippen MR) is 58.9 cm³/mol. The summed E-state index contributed by atoms with van der Waals surface area (Å²) in [6.07, 6.45) is 1.48. The van der Waals surface area contributed by atoms with Gasteiger partial charge >= 0.3 is 0 Å². The fourth-order valence-electron chi connectivity index (χ4n) is 0.995. The van der Waals surface area contributed by atoms with Crippen LogP contribution in [0.1, 0.15) is 12.8 Å². The Morgan fingerprint density at radius 3 is 2.67 bits per heavy atom. The molecule has 0 aromatic carbocycles. The van der Waals surface area contributed by atoms with Crippen molar-refractivity contribution in [2.45, 2.75) is 12.8 Å². The summed E-state index contributed by atoms with van der Waals surface area (Å²) in [4.78, 5) is 10.8. The SMILES string of the molecule is CNC(=O)CCNCCCOCCOC. The van der Waals surface area contributed by atoms with Gasteiger partial charge in [0.2, 0.25) is 5.91 Å². The summed E-state index contributed by atoms with van der Waals surface area (Å²) in [5.74, 6) is 0.0684. The summed E-state index contributed by atoms with van der Waals surface area (Å²) in [6, 6.07) is 0. The van der Waals surface area contributed by atoms with Crippen LogP contribution in [0.2, 0.25) is 0 Å². The van der Waals surface area contributed by atoms with E-state index in [4.69, 9.17) is 9.47 Å². The highest BCUT2D eigenvalue weighted by atomic mass is 16.5. The average molecular weight is 218 g/mol. The van der Waals surface area contributed by atoms with E-state index in [2.05, 4.69) is 10.6 Å². The lowest BCUT2D eigenvalue weighted by atomic mass is 10.4. The molecule has 0 saturated carbocycles. The lowest BCUT2D eigenvalue weighted by Crippen LogP contribution is -2.25. The number of carbonyl (C=O) groups is 1. The first-order valence-corrected chi connectivity index (χ1v) is 5.29. The Bertz CT molecular complexity index is 154. The van der Waals surface area contributed by atoms with Crippen LogP contribution in [0.25, 0.3) is 0 Å². The van der Waals surface area contributed by atoms with Crippen molar-refractivity contribution in [3.8, 4) is 0 Å². The minimum Gasteiger partial charge on any atom is -0.382 e. The lowest BCUT2D eigenvalue weighted by Gasteiger charge is -2.05. The van der Waals surface area contributed by atoms with E-state index in [1.807, 2.05) is 0 Å². The third-order valence-corrected chi connectivity index (χ3v) is 1.88. The summed E-state index contributed by atoms with van der Waals surface area (Å²) in [6.45, 7) is 3.62. The molecule has 2 N–H and O–H groups in total. The van der Waals surface area contributed by atoms with Crippen molar-refractivity contribution in [3.63, 3.8) is 0 Å². The molecule has 0 bridgehead atoms. The molecule has 5 nitrogen and oxygen atoms in total. The predicted octanol–water partition coefficient (Wildman–Crippen LogP) is -0.235. The second-order valence-electron chi connectivity index (χ2n) is 3.13. The molecular formula is C10H22N2O3. The highest BCUT2D eigenvalue weighted by Crippen LogP contribution is 1.82. The Morgan fingerprint density at radius 2 is 2.00 bits per heavy atom. The normalized spacial score (nSPS) is 10.3. The molecular weight excluding hydrogens is 196 g/mol. The van der Waals surface area contributed by atoms with Gasteiger partial charge in [-0.2, -0.15) is 0 Å². The number of amides is 1. The molecule has 1 amide bonds. The fraction of sp³-hybridized carbons (Fsp3) is 0.900. The van der Waals surface area contributed by atoms with Crippen molar-refractivity contribution in [2.75, 3.05) is 47.1 Å². The van der Waals surface area contributed by atoms with Crippen LogP contribution < -0.4 is 10.6 Å². The van der Waals surface area contributed by atoms with Gasteiger partial charge in [0.1, 0.15) is 0 Å². The molecule has 0 aromatic heterocycles. The van der Waals surface area contributed by atoms with Crippen molar-refractivity contribution in [3.05, 3.63) is 0 Å². The van der Waals surface area contributed by atoms with Gasteiger partial charge in [-0.25, -0.2) is 0 Å². The van der Waals surface area contributed by atoms with Crippen LogP contribution in [0.3, 0.4) is 0 Å². The Hall–Kier alpha value is -0.650. The molecule has 5 heteroatoms. The Labute approximate surface area is 91.5 Å². The highest BCUT2D eigenvalue weighted by Gasteiger charge is 1.95. The first kappa shape index (κ1) is 14.3. The van der Waals surface area contributed by atoms with E-state index in [9.17, 15) is 4.79 Å². The second-order valence-corrected chi connectivity index (χ2v) is 3.13. The van der Waals surface area contributed by atoms with Crippen LogP contribution in [0, 0.1) is 0 Å². The van der Waals surface area contributed by atoms with E-state index in [1.165, 1.54) is 0 Å². The van der Waals surface area contributed by atoms with E-state index in [1.54, 1.807) is 14.2 Å². The van der Waals surface area contributed by atoms with Crippen molar-refractivity contribution in [2.24, 2.45) is 0 Å². The largest absolute Gasteiger partial charge is 0.382 e. The maximum Gasteiger partial charge on any atom is 0.221 e. The van der Waals surface area contributed by atoms with Crippen LogP contribution in [-0.4, -0.2) is 53.0 Å². The Kier molecular flexibility index (Phi) is 10.9. The minimum absolute atomic E-state index is 0.0684. The van der Waals surface area contributed by atoms with Gasteiger partial charge in [-0.15, -0.1) is 0 Å². The van der Waals surface area contributed by atoms with Crippen LogP contribution >= 0.6 is 0 Å². The topological polar surface area (TPSA) is 59.6 Å². The molecule has 90 valence electrons. The molecule has 0 aliphatic carbocycles. The van der Waals surface area contributed by atoms with E-state index in [0.717, 1.165) is 26.1 Å². The molecule has 0 aromatic rings. The number of ether oxygens (including phenoxy) is 2. The van der Waals surface area contributed by atoms with Gasteiger partial charge in [-0.05, 0) is 13.0 Å². The smallest absolute Gasteiger partial charge is 0.221 e. The zero-order chi connectivity index (χ0) is 11.4. The zero-order valence-electron chi connectivity index (χ0n) is 9.67. The van der Waals surface area contributed by atoms with Gasteiger partial charge in [0.25, 0.3) is 0 Å². The van der Waals surface area contributed by atoms with E-state index < -0.39 is 0 Å². The molecule has 0 aliphatic rings. The third-order valence-electron chi connectivity index (χ3n) is 1.88. The first-order valence-electron chi connectivity index (χ1n) is 5.29. The van der Waals surface area contributed by atoms with Gasteiger partial charge < -0.3 is 20.1 Å². The average Bonchev–Trinajstić information content (AvgIpc) is 2.26. The third kappa shape index (κ3) is 11.3. The minimum atomic E-state index is 0.0684. The quantitative estimate of drug-likeness (QED) is 0.497. The van der Waals surface area contributed by atoms with Crippen molar-refractivity contribution < 1.29 is 14.3 Å². The molecule has 0 radical (unpaired) electrons. The molecule has 0 rings (SSSR count). The molecule has 0 aliphatic heterocycles.